The molecule has 5 heteroatoms. The second-order valence-corrected chi connectivity index (χ2v) is 5.94. The van der Waals surface area contributed by atoms with Crippen LogP contribution >= 0.6 is 22.6 Å². The lowest BCUT2D eigenvalue weighted by Crippen LogP contribution is -2.42. The summed E-state index contributed by atoms with van der Waals surface area (Å²) in [7, 11) is 1.99. The molecule has 2 rings (SSSR count). The number of alkyl halides is 1. The van der Waals surface area contributed by atoms with Gasteiger partial charge in [0.05, 0.1) is 6.07 Å². The third kappa shape index (κ3) is 3.30. The Morgan fingerprint density at radius 1 is 1.58 bits per heavy atom. The van der Waals surface area contributed by atoms with Crippen molar-refractivity contribution in [3.63, 3.8) is 0 Å². The van der Waals surface area contributed by atoms with Gasteiger partial charge < -0.3 is 10.2 Å². The van der Waals surface area contributed by atoms with E-state index in [0.29, 0.717) is 0 Å². The lowest BCUT2D eigenvalue weighted by atomic mass is 10.0. The molecule has 4 nitrogen and oxygen atoms in total. The number of halogens is 1. The minimum atomic E-state index is 0.774. The number of aromatic nitrogens is 2. The Kier molecular flexibility index (Phi) is 5.24. The molecule has 1 saturated heterocycles. The molecule has 106 valence electrons. The van der Waals surface area contributed by atoms with Crippen LogP contribution in [0, 0.1) is 5.92 Å². The second-order valence-electron chi connectivity index (χ2n) is 5.26. The number of nitrogens with zero attached hydrogens (tertiary/aromatic N) is 3. The number of aryl methyl sites for hydroxylation is 1. The summed E-state index contributed by atoms with van der Waals surface area (Å²) in [6.45, 7) is 6.78. The van der Waals surface area contributed by atoms with Gasteiger partial charge in [-0.25, -0.2) is 4.57 Å². The first-order valence-corrected chi connectivity index (χ1v) is 8.64. The molecule has 0 spiro atoms. The zero-order valence-electron chi connectivity index (χ0n) is 12.1. The summed E-state index contributed by atoms with van der Waals surface area (Å²) in [5.41, 5.74) is 0. The van der Waals surface area contributed by atoms with Crippen LogP contribution in [-0.4, -0.2) is 25.1 Å². The number of piperidine rings is 1. The second kappa shape index (κ2) is 6.72. The first-order chi connectivity index (χ1) is 9.19. The van der Waals surface area contributed by atoms with Gasteiger partial charge in [-0.2, -0.15) is 0 Å². The lowest BCUT2D eigenvalue weighted by Gasteiger charge is -2.30. The summed E-state index contributed by atoms with van der Waals surface area (Å²) in [6, 6.07) is 2.19. The van der Waals surface area contributed by atoms with Crippen LogP contribution in [0.15, 0.2) is 6.07 Å². The molecular weight excluding hydrogens is 351 g/mol. The highest BCUT2D eigenvalue weighted by molar-refractivity contribution is 14.1. The van der Waals surface area contributed by atoms with Crippen molar-refractivity contribution in [3.05, 3.63) is 11.9 Å². The van der Waals surface area contributed by atoms with Crippen molar-refractivity contribution in [3.8, 4) is 0 Å². The van der Waals surface area contributed by atoms with E-state index in [4.69, 9.17) is 4.98 Å². The predicted molar refractivity (Wildman–Crippen MR) is 88.0 cm³/mol. The van der Waals surface area contributed by atoms with Gasteiger partial charge in [0, 0.05) is 26.6 Å². The SMILES string of the molecule is CCc1nc(N2CCCC(C)C2)cc(NC)[n+]1CI. The highest BCUT2D eigenvalue weighted by atomic mass is 127. The van der Waals surface area contributed by atoms with Crippen molar-refractivity contribution in [2.75, 3.05) is 30.4 Å². The molecule has 0 bridgehead atoms. The standard InChI is InChI=1S/C14H23IN4/c1-4-12-17-14(8-13(16-3)19(12)10-15)18-7-5-6-11(2)9-18/h8,11H,4-7,9-10H2,1-3H3/p+1. The highest BCUT2D eigenvalue weighted by Gasteiger charge is 2.23. The van der Waals surface area contributed by atoms with Crippen LogP contribution in [0.1, 0.15) is 32.5 Å². The summed E-state index contributed by atoms with van der Waals surface area (Å²) in [4.78, 5) is 7.31. The summed E-state index contributed by atoms with van der Waals surface area (Å²) < 4.78 is 3.18. The van der Waals surface area contributed by atoms with Gasteiger partial charge in [-0.05, 0) is 41.4 Å². The summed E-state index contributed by atoms with van der Waals surface area (Å²) in [5, 5.41) is 3.30. The molecule has 1 aliphatic heterocycles. The van der Waals surface area contributed by atoms with Gasteiger partial charge in [-0.15, -0.1) is 0 Å². The molecule has 1 unspecified atom stereocenters. The van der Waals surface area contributed by atoms with Crippen LogP contribution in [0.4, 0.5) is 11.6 Å². The largest absolute Gasteiger partial charge is 0.343 e. The van der Waals surface area contributed by atoms with E-state index in [1.165, 1.54) is 12.8 Å². The van der Waals surface area contributed by atoms with Gasteiger partial charge in [-0.1, -0.05) is 18.8 Å². The maximum Gasteiger partial charge on any atom is 0.241 e. The van der Waals surface area contributed by atoms with E-state index in [-0.39, 0.29) is 0 Å². The van der Waals surface area contributed by atoms with E-state index in [1.807, 2.05) is 7.05 Å². The minimum Gasteiger partial charge on any atom is -0.343 e. The molecule has 0 radical (unpaired) electrons. The van der Waals surface area contributed by atoms with Gasteiger partial charge in [-0.3, -0.25) is 0 Å². The fourth-order valence-corrected chi connectivity index (χ4v) is 3.50. The average molecular weight is 375 g/mol. The van der Waals surface area contributed by atoms with Gasteiger partial charge in [0.1, 0.15) is 4.55 Å². The summed E-state index contributed by atoms with van der Waals surface area (Å²) >= 11 is 2.39. The highest BCUT2D eigenvalue weighted by Crippen LogP contribution is 2.22. The van der Waals surface area contributed by atoms with Crippen molar-refractivity contribution in [1.29, 1.82) is 0 Å². The lowest BCUT2D eigenvalue weighted by molar-refractivity contribution is -0.667. The molecule has 19 heavy (non-hydrogen) atoms. The van der Waals surface area contributed by atoms with Crippen LogP contribution in [-0.2, 0) is 11.0 Å². The molecule has 0 saturated carbocycles. The van der Waals surface area contributed by atoms with Crippen LogP contribution in [0.25, 0.3) is 0 Å². The molecule has 1 aliphatic rings. The number of hydrogen-bond donors (Lipinski definition) is 1. The monoisotopic (exact) mass is 375 g/mol. The number of nitrogens with one attached hydrogen (secondary N) is 1. The van der Waals surface area contributed by atoms with Crippen LogP contribution in [0.3, 0.4) is 0 Å². The number of rotatable bonds is 4. The number of hydrogen-bond acceptors (Lipinski definition) is 3. The van der Waals surface area contributed by atoms with E-state index in [1.54, 1.807) is 0 Å². The molecule has 0 aliphatic carbocycles. The Bertz CT molecular complexity index is 410. The summed E-state index contributed by atoms with van der Waals surface area (Å²) in [5.74, 6) is 4.23. The van der Waals surface area contributed by atoms with Gasteiger partial charge in [0.25, 0.3) is 0 Å². The fraction of sp³-hybridized carbons (Fsp3) is 0.714. The maximum absolute atomic E-state index is 4.87. The predicted octanol–water partition coefficient (Wildman–Crippen LogP) is 2.60. The van der Waals surface area contributed by atoms with Gasteiger partial charge in [0.2, 0.25) is 17.5 Å². The Hall–Kier alpha value is -0.590. The van der Waals surface area contributed by atoms with Crippen molar-refractivity contribution < 1.29 is 4.57 Å². The van der Waals surface area contributed by atoms with Gasteiger partial charge >= 0.3 is 0 Å². The quantitative estimate of drug-likeness (QED) is 0.499. The van der Waals surface area contributed by atoms with Crippen molar-refractivity contribution in [2.24, 2.45) is 5.92 Å². The van der Waals surface area contributed by atoms with E-state index in [9.17, 15) is 0 Å². The normalized spacial score (nSPS) is 19.6. The third-order valence-electron chi connectivity index (χ3n) is 3.78. The van der Waals surface area contributed by atoms with E-state index in [0.717, 1.165) is 47.4 Å². The molecule has 0 amide bonds. The molecule has 2 heterocycles. The molecule has 1 aromatic heterocycles. The molecule has 0 aromatic carbocycles. The first-order valence-electron chi connectivity index (χ1n) is 7.12. The molecular formula is C14H24IN4+. The zero-order chi connectivity index (χ0) is 13.8. The van der Waals surface area contributed by atoms with Crippen LogP contribution in [0.2, 0.25) is 0 Å². The van der Waals surface area contributed by atoms with E-state index < -0.39 is 0 Å². The first kappa shape index (κ1) is 14.8. The Labute approximate surface area is 129 Å². The van der Waals surface area contributed by atoms with E-state index in [2.05, 4.69) is 57.3 Å². The van der Waals surface area contributed by atoms with Gasteiger partial charge in [0.15, 0.2) is 0 Å². The molecule has 1 fully saturated rings. The van der Waals surface area contributed by atoms with Crippen LogP contribution < -0.4 is 14.8 Å². The molecule has 1 N–H and O–H groups in total. The van der Waals surface area contributed by atoms with Crippen molar-refractivity contribution in [1.82, 2.24) is 4.98 Å². The van der Waals surface area contributed by atoms with Crippen LogP contribution in [0.5, 0.6) is 0 Å². The van der Waals surface area contributed by atoms with E-state index >= 15 is 0 Å². The smallest absolute Gasteiger partial charge is 0.241 e. The topological polar surface area (TPSA) is 32.0 Å². The Morgan fingerprint density at radius 3 is 2.95 bits per heavy atom. The molecule has 1 atom stereocenters. The molecule has 1 aromatic rings. The third-order valence-corrected chi connectivity index (χ3v) is 4.47. The van der Waals surface area contributed by atoms with Crippen molar-refractivity contribution in [2.45, 2.75) is 37.7 Å². The Morgan fingerprint density at radius 2 is 2.37 bits per heavy atom. The minimum absolute atomic E-state index is 0.774. The zero-order valence-corrected chi connectivity index (χ0v) is 14.3. The fourth-order valence-electron chi connectivity index (χ4n) is 2.73. The van der Waals surface area contributed by atoms with Crippen molar-refractivity contribution >= 4 is 34.2 Å². The Balaban J connectivity index is 2.35. The maximum atomic E-state index is 4.87. The summed E-state index contributed by atoms with van der Waals surface area (Å²) in [6.07, 6.45) is 3.59. The average Bonchev–Trinajstić information content (AvgIpc) is 2.45. The number of anilines is 2.